The molecule has 1 atom stereocenters. The Morgan fingerprint density at radius 2 is 2.31 bits per heavy atom. The second-order valence-electron chi connectivity index (χ2n) is 3.10. The minimum absolute atomic E-state index is 0.0780. The predicted molar refractivity (Wildman–Crippen MR) is 58.2 cm³/mol. The van der Waals surface area contributed by atoms with E-state index in [1.54, 1.807) is 11.6 Å². The van der Waals surface area contributed by atoms with Crippen molar-refractivity contribution in [2.24, 2.45) is 0 Å². The molecule has 7 heteroatoms. The lowest BCUT2D eigenvalue weighted by molar-refractivity contribution is -0.145. The van der Waals surface area contributed by atoms with E-state index in [9.17, 15) is 14.4 Å². The molecule has 1 rings (SSSR count). The summed E-state index contributed by atoms with van der Waals surface area (Å²) in [6, 6.07) is -0.838. The zero-order valence-corrected chi connectivity index (χ0v) is 9.74. The van der Waals surface area contributed by atoms with Gasteiger partial charge in [-0.05, 0) is 0 Å². The molecule has 0 aliphatic carbocycles. The molecule has 0 aliphatic rings. The fourth-order valence-electron chi connectivity index (χ4n) is 1.19. The second kappa shape index (κ2) is 5.45. The van der Waals surface area contributed by atoms with Gasteiger partial charge >= 0.3 is 10.8 Å². The second-order valence-corrected chi connectivity index (χ2v) is 3.95. The van der Waals surface area contributed by atoms with E-state index < -0.39 is 12.0 Å². The molecule has 1 unspecified atom stereocenters. The maximum Gasteiger partial charge on any atom is 0.330 e. The highest BCUT2D eigenvalue weighted by Gasteiger charge is 2.21. The van der Waals surface area contributed by atoms with E-state index in [1.165, 1.54) is 18.6 Å². The van der Waals surface area contributed by atoms with Crippen molar-refractivity contribution in [2.45, 2.75) is 19.5 Å². The number of aromatic nitrogens is 1. The van der Waals surface area contributed by atoms with Crippen LogP contribution in [0, 0.1) is 0 Å². The number of rotatable bonds is 4. The van der Waals surface area contributed by atoms with Crippen molar-refractivity contribution < 1.29 is 14.3 Å². The first-order chi connectivity index (χ1) is 7.54. The van der Waals surface area contributed by atoms with Crippen molar-refractivity contribution in [1.29, 1.82) is 0 Å². The number of hydrogen-bond acceptors (Lipinski definition) is 5. The van der Waals surface area contributed by atoms with Gasteiger partial charge in [0.05, 0.1) is 13.7 Å². The summed E-state index contributed by atoms with van der Waals surface area (Å²) in [5.74, 6) is -0.924. The van der Waals surface area contributed by atoms with Gasteiger partial charge in [0.15, 0.2) is 0 Å². The van der Waals surface area contributed by atoms with Crippen LogP contribution in [-0.2, 0) is 20.9 Å². The third-order valence-corrected chi connectivity index (χ3v) is 2.58. The molecule has 6 nitrogen and oxygen atoms in total. The summed E-state index contributed by atoms with van der Waals surface area (Å²) in [5, 5.41) is 4.04. The molecule has 88 valence electrons. The van der Waals surface area contributed by atoms with Crippen LogP contribution in [0.3, 0.4) is 0 Å². The number of nitrogens with zero attached hydrogens (tertiary/aromatic N) is 1. The van der Waals surface area contributed by atoms with Crippen LogP contribution < -0.4 is 10.2 Å². The standard InChI is InChI=1S/C9H12N2O4S/c1-6(12)10-7(8(13)15-2)5-11-3-4-16-9(11)14/h3-4,7H,5H2,1-2H3,(H,10,12). The van der Waals surface area contributed by atoms with Crippen molar-refractivity contribution in [1.82, 2.24) is 9.88 Å². The summed E-state index contributed by atoms with van der Waals surface area (Å²) in [5.41, 5.74) is 0. The summed E-state index contributed by atoms with van der Waals surface area (Å²) in [4.78, 5) is 33.3. The highest BCUT2D eigenvalue weighted by atomic mass is 32.1. The fraction of sp³-hybridized carbons (Fsp3) is 0.444. The zero-order chi connectivity index (χ0) is 12.1. The Bertz CT molecular complexity index is 437. The van der Waals surface area contributed by atoms with Gasteiger partial charge in [-0.15, -0.1) is 0 Å². The molecular weight excluding hydrogens is 232 g/mol. The van der Waals surface area contributed by atoms with E-state index in [4.69, 9.17) is 0 Å². The molecular formula is C9H12N2O4S. The third-order valence-electron chi connectivity index (χ3n) is 1.89. The number of esters is 1. The minimum Gasteiger partial charge on any atom is -0.467 e. The molecule has 16 heavy (non-hydrogen) atoms. The van der Waals surface area contributed by atoms with Gasteiger partial charge in [0.1, 0.15) is 6.04 Å². The summed E-state index contributed by atoms with van der Waals surface area (Å²) in [7, 11) is 1.23. The quantitative estimate of drug-likeness (QED) is 0.730. The van der Waals surface area contributed by atoms with Crippen LogP contribution >= 0.6 is 11.3 Å². The Morgan fingerprint density at radius 3 is 2.75 bits per heavy atom. The van der Waals surface area contributed by atoms with E-state index >= 15 is 0 Å². The molecule has 0 radical (unpaired) electrons. The number of methoxy groups -OCH3 is 1. The Morgan fingerprint density at radius 1 is 1.62 bits per heavy atom. The molecule has 0 aromatic carbocycles. The van der Waals surface area contributed by atoms with Crippen molar-refractivity contribution in [3.8, 4) is 0 Å². The molecule has 0 fully saturated rings. The molecule has 0 saturated heterocycles. The Balaban J connectivity index is 2.78. The first kappa shape index (κ1) is 12.4. The highest BCUT2D eigenvalue weighted by Crippen LogP contribution is 1.96. The zero-order valence-electron chi connectivity index (χ0n) is 8.93. The van der Waals surface area contributed by atoms with Crippen LogP contribution in [0.4, 0.5) is 0 Å². The third kappa shape index (κ3) is 3.20. The lowest BCUT2D eigenvalue weighted by Gasteiger charge is -2.15. The number of thiazole rings is 1. The number of nitrogens with one attached hydrogen (secondary N) is 1. The van der Waals surface area contributed by atoms with Gasteiger partial charge in [0.2, 0.25) is 5.91 Å². The monoisotopic (exact) mass is 244 g/mol. The van der Waals surface area contributed by atoms with Crippen LogP contribution in [0.1, 0.15) is 6.92 Å². The molecule has 0 aliphatic heterocycles. The molecule has 1 heterocycles. The fourth-order valence-corrected chi connectivity index (χ4v) is 1.78. The van der Waals surface area contributed by atoms with Gasteiger partial charge < -0.3 is 14.6 Å². The summed E-state index contributed by atoms with van der Waals surface area (Å²) >= 11 is 1.03. The molecule has 1 aromatic rings. The SMILES string of the molecule is COC(=O)C(Cn1ccsc1=O)NC(C)=O. The first-order valence-electron chi connectivity index (χ1n) is 4.53. The van der Waals surface area contributed by atoms with Crippen LogP contribution in [0.15, 0.2) is 16.4 Å². The number of ether oxygens (including phenoxy) is 1. The maximum absolute atomic E-state index is 11.3. The summed E-state index contributed by atoms with van der Waals surface area (Å²) < 4.78 is 5.89. The predicted octanol–water partition coefficient (Wildman–Crippen LogP) is -0.413. The molecule has 1 aromatic heterocycles. The number of amides is 1. The van der Waals surface area contributed by atoms with Crippen LogP contribution in [-0.4, -0.2) is 29.6 Å². The molecule has 0 bridgehead atoms. The van der Waals surface area contributed by atoms with Crippen LogP contribution in [0.25, 0.3) is 0 Å². The average Bonchev–Trinajstić information content (AvgIpc) is 2.61. The minimum atomic E-state index is -0.838. The van der Waals surface area contributed by atoms with Crippen molar-refractivity contribution in [3.63, 3.8) is 0 Å². The lowest BCUT2D eigenvalue weighted by atomic mass is 10.3. The summed E-state index contributed by atoms with van der Waals surface area (Å²) in [6.07, 6.45) is 1.56. The number of carbonyl (C=O) groups is 2. The van der Waals surface area contributed by atoms with Gasteiger partial charge in [-0.1, -0.05) is 11.3 Å². The van der Waals surface area contributed by atoms with Crippen molar-refractivity contribution in [3.05, 3.63) is 21.2 Å². The van der Waals surface area contributed by atoms with E-state index in [-0.39, 0.29) is 17.3 Å². The van der Waals surface area contributed by atoms with Gasteiger partial charge in [0.25, 0.3) is 0 Å². The molecule has 1 amide bonds. The summed E-state index contributed by atoms with van der Waals surface area (Å²) in [6.45, 7) is 1.38. The molecule has 1 N–H and O–H groups in total. The van der Waals surface area contributed by atoms with Gasteiger partial charge in [0, 0.05) is 18.5 Å². The average molecular weight is 244 g/mol. The highest BCUT2D eigenvalue weighted by molar-refractivity contribution is 7.07. The Labute approximate surface area is 95.8 Å². The van der Waals surface area contributed by atoms with Crippen molar-refractivity contribution in [2.75, 3.05) is 7.11 Å². The van der Waals surface area contributed by atoms with Gasteiger partial charge in [-0.2, -0.15) is 0 Å². The van der Waals surface area contributed by atoms with Crippen LogP contribution in [0.5, 0.6) is 0 Å². The number of carbonyl (C=O) groups excluding carboxylic acids is 2. The number of hydrogen-bond donors (Lipinski definition) is 1. The molecule has 0 spiro atoms. The largest absolute Gasteiger partial charge is 0.467 e. The van der Waals surface area contributed by atoms with E-state index in [1.807, 2.05) is 0 Å². The van der Waals surface area contributed by atoms with Crippen molar-refractivity contribution >= 4 is 23.2 Å². The molecule has 0 saturated carbocycles. The van der Waals surface area contributed by atoms with E-state index in [0.29, 0.717) is 0 Å². The van der Waals surface area contributed by atoms with E-state index in [0.717, 1.165) is 11.3 Å². The smallest absolute Gasteiger partial charge is 0.330 e. The van der Waals surface area contributed by atoms with E-state index in [2.05, 4.69) is 10.1 Å². The first-order valence-corrected chi connectivity index (χ1v) is 5.41. The van der Waals surface area contributed by atoms with Gasteiger partial charge in [-0.25, -0.2) is 4.79 Å². The topological polar surface area (TPSA) is 77.4 Å². The normalized spacial score (nSPS) is 11.9. The van der Waals surface area contributed by atoms with Crippen LogP contribution in [0.2, 0.25) is 0 Å². The Kier molecular flexibility index (Phi) is 4.24. The maximum atomic E-state index is 11.3. The lowest BCUT2D eigenvalue weighted by Crippen LogP contribution is -2.44. The Hall–Kier alpha value is -1.63. The van der Waals surface area contributed by atoms with Gasteiger partial charge in [-0.3, -0.25) is 9.59 Å².